The van der Waals surface area contributed by atoms with Crippen molar-refractivity contribution in [3.05, 3.63) is 18.7 Å². The number of nitrogens with zero attached hydrogens (tertiary/aromatic N) is 7. The van der Waals surface area contributed by atoms with Crippen LogP contribution in [-0.2, 0) is 7.05 Å². The number of nitrogens with one attached hydrogen (secondary N) is 2. The summed E-state index contributed by atoms with van der Waals surface area (Å²) in [4.78, 5) is 26.2. The summed E-state index contributed by atoms with van der Waals surface area (Å²) in [6.45, 7) is 4.16. The first kappa shape index (κ1) is 18.9. The Labute approximate surface area is 165 Å². The van der Waals surface area contributed by atoms with E-state index < -0.39 is 18.3 Å². The standard InChI is InChI=1S/C17H22FN9O2/c1-9(2)27-8-19-13-14(21-10-4-20-25(3)5-10)23-16(24-15(13)27)26-6-11(18)12(7-26)22-17(28)29/h4-5,8-9,11-12,22H,6-7H2,1-3H3,(H,28,29)(H,21,23,24)/t11-,12-/m1/s1. The molecule has 1 saturated heterocycles. The van der Waals surface area contributed by atoms with Gasteiger partial charge in [0.2, 0.25) is 5.95 Å². The molecule has 0 unspecified atom stereocenters. The molecule has 3 aromatic heterocycles. The number of carbonyl (C=O) groups is 1. The maximum Gasteiger partial charge on any atom is 0.405 e. The van der Waals surface area contributed by atoms with Crippen LogP contribution in [0.2, 0.25) is 0 Å². The van der Waals surface area contributed by atoms with Crippen LogP contribution < -0.4 is 15.5 Å². The van der Waals surface area contributed by atoms with E-state index in [0.717, 1.165) is 5.69 Å². The highest BCUT2D eigenvalue weighted by atomic mass is 19.1. The zero-order valence-electron chi connectivity index (χ0n) is 16.2. The number of halogens is 1. The van der Waals surface area contributed by atoms with E-state index in [1.54, 1.807) is 35.4 Å². The van der Waals surface area contributed by atoms with Gasteiger partial charge in [0.05, 0.1) is 30.8 Å². The molecule has 3 aromatic rings. The molecule has 1 aliphatic rings. The van der Waals surface area contributed by atoms with Crippen molar-refractivity contribution in [3.63, 3.8) is 0 Å². The Morgan fingerprint density at radius 3 is 2.79 bits per heavy atom. The third kappa shape index (κ3) is 3.65. The minimum atomic E-state index is -1.35. The molecule has 0 aliphatic carbocycles. The van der Waals surface area contributed by atoms with Crippen LogP contribution in [0.25, 0.3) is 11.2 Å². The van der Waals surface area contributed by atoms with Crippen molar-refractivity contribution >= 4 is 34.7 Å². The average molecular weight is 403 g/mol. The Kier molecular flexibility index (Phi) is 4.68. The van der Waals surface area contributed by atoms with E-state index >= 15 is 0 Å². The van der Waals surface area contributed by atoms with Crippen LogP contribution in [0.15, 0.2) is 18.7 Å². The third-order valence-corrected chi connectivity index (χ3v) is 4.77. The molecule has 1 aliphatic heterocycles. The highest BCUT2D eigenvalue weighted by molar-refractivity contribution is 5.86. The van der Waals surface area contributed by atoms with Crippen LogP contribution in [-0.4, -0.2) is 65.8 Å². The van der Waals surface area contributed by atoms with E-state index in [0.29, 0.717) is 22.9 Å². The number of aryl methyl sites for hydroxylation is 1. The van der Waals surface area contributed by atoms with Gasteiger partial charge in [0.1, 0.15) is 6.17 Å². The summed E-state index contributed by atoms with van der Waals surface area (Å²) < 4.78 is 17.9. The van der Waals surface area contributed by atoms with E-state index in [1.165, 1.54) is 0 Å². The monoisotopic (exact) mass is 403 g/mol. The molecule has 2 atom stereocenters. The summed E-state index contributed by atoms with van der Waals surface area (Å²) in [5.41, 5.74) is 1.93. The van der Waals surface area contributed by atoms with Gasteiger partial charge in [0, 0.05) is 25.8 Å². The van der Waals surface area contributed by atoms with Gasteiger partial charge in [0.25, 0.3) is 0 Å². The Morgan fingerprint density at radius 2 is 2.14 bits per heavy atom. The number of anilines is 3. The molecule has 1 fully saturated rings. The van der Waals surface area contributed by atoms with Crippen LogP contribution in [0.5, 0.6) is 0 Å². The van der Waals surface area contributed by atoms with Crippen LogP contribution in [0.4, 0.5) is 26.6 Å². The van der Waals surface area contributed by atoms with Crippen molar-refractivity contribution in [1.82, 2.24) is 34.6 Å². The maximum atomic E-state index is 14.3. The number of imidazole rings is 1. The molecular weight excluding hydrogens is 381 g/mol. The van der Waals surface area contributed by atoms with E-state index in [2.05, 4.69) is 30.7 Å². The van der Waals surface area contributed by atoms with Gasteiger partial charge in [-0.05, 0) is 13.8 Å². The third-order valence-electron chi connectivity index (χ3n) is 4.77. The molecule has 1 amide bonds. The molecule has 154 valence electrons. The van der Waals surface area contributed by atoms with Crippen LogP contribution in [0.1, 0.15) is 19.9 Å². The summed E-state index contributed by atoms with van der Waals surface area (Å²) >= 11 is 0. The fourth-order valence-electron chi connectivity index (χ4n) is 3.36. The topological polar surface area (TPSA) is 126 Å². The summed E-state index contributed by atoms with van der Waals surface area (Å²) in [6.07, 6.45) is 2.54. The Morgan fingerprint density at radius 1 is 1.34 bits per heavy atom. The first-order chi connectivity index (χ1) is 13.8. The number of aromatic nitrogens is 6. The van der Waals surface area contributed by atoms with Gasteiger partial charge < -0.3 is 25.2 Å². The van der Waals surface area contributed by atoms with Gasteiger partial charge in [-0.2, -0.15) is 15.1 Å². The Hall–Kier alpha value is -3.44. The molecule has 3 N–H and O–H groups in total. The number of carboxylic acid groups (broad SMARTS) is 1. The second-order valence-corrected chi connectivity index (χ2v) is 7.29. The van der Waals surface area contributed by atoms with Crippen molar-refractivity contribution in [2.45, 2.75) is 32.1 Å². The van der Waals surface area contributed by atoms with Gasteiger partial charge in [-0.3, -0.25) is 4.68 Å². The van der Waals surface area contributed by atoms with Crippen molar-refractivity contribution in [2.75, 3.05) is 23.3 Å². The molecular formula is C17H22FN9O2. The second-order valence-electron chi connectivity index (χ2n) is 7.29. The fourth-order valence-corrected chi connectivity index (χ4v) is 3.36. The molecule has 4 rings (SSSR count). The largest absolute Gasteiger partial charge is 0.465 e. The smallest absolute Gasteiger partial charge is 0.405 e. The van der Waals surface area contributed by atoms with E-state index in [-0.39, 0.29) is 19.1 Å². The van der Waals surface area contributed by atoms with Gasteiger partial charge in [-0.1, -0.05) is 0 Å². The summed E-state index contributed by atoms with van der Waals surface area (Å²) in [5, 5.41) is 18.5. The van der Waals surface area contributed by atoms with Gasteiger partial charge >= 0.3 is 6.09 Å². The maximum absolute atomic E-state index is 14.3. The molecule has 11 nitrogen and oxygen atoms in total. The zero-order chi connectivity index (χ0) is 20.7. The lowest BCUT2D eigenvalue weighted by Crippen LogP contribution is -2.40. The predicted molar refractivity (Wildman–Crippen MR) is 104 cm³/mol. The predicted octanol–water partition coefficient (Wildman–Crippen LogP) is 1.68. The molecule has 29 heavy (non-hydrogen) atoms. The molecule has 0 radical (unpaired) electrons. The number of hydrogen-bond donors (Lipinski definition) is 3. The molecule has 12 heteroatoms. The normalized spacial score (nSPS) is 19.3. The van der Waals surface area contributed by atoms with E-state index in [9.17, 15) is 9.18 Å². The summed E-state index contributed by atoms with van der Waals surface area (Å²) in [6, 6.07) is -0.723. The lowest BCUT2D eigenvalue weighted by molar-refractivity contribution is 0.183. The number of hydrogen-bond acceptors (Lipinski definition) is 7. The highest BCUT2D eigenvalue weighted by Crippen LogP contribution is 2.28. The fraction of sp³-hybridized carbons (Fsp3) is 0.471. The average Bonchev–Trinajstić information content (AvgIpc) is 3.34. The number of fused-ring (bicyclic) bond motifs is 1. The van der Waals surface area contributed by atoms with Gasteiger partial charge in [0.15, 0.2) is 17.0 Å². The SMILES string of the molecule is CC(C)n1cnc2c(Nc3cnn(C)c3)nc(N3C[C@@H](F)[C@H](NC(=O)O)C3)nc21. The molecule has 0 bridgehead atoms. The van der Waals surface area contributed by atoms with E-state index in [1.807, 2.05) is 18.4 Å². The Balaban J connectivity index is 1.74. The lowest BCUT2D eigenvalue weighted by atomic mass is 10.2. The molecule has 4 heterocycles. The minimum absolute atomic E-state index is 0.00139. The number of rotatable bonds is 5. The van der Waals surface area contributed by atoms with E-state index in [4.69, 9.17) is 5.11 Å². The molecule has 0 aromatic carbocycles. The van der Waals surface area contributed by atoms with Crippen molar-refractivity contribution in [3.8, 4) is 0 Å². The summed E-state index contributed by atoms with van der Waals surface area (Å²) in [7, 11) is 1.81. The first-order valence-electron chi connectivity index (χ1n) is 9.20. The summed E-state index contributed by atoms with van der Waals surface area (Å²) in [5.74, 6) is 0.783. The van der Waals surface area contributed by atoms with Gasteiger partial charge in [-0.25, -0.2) is 14.2 Å². The van der Waals surface area contributed by atoms with Crippen LogP contribution in [0.3, 0.4) is 0 Å². The Bertz CT molecular complexity index is 1050. The van der Waals surface area contributed by atoms with Crippen LogP contribution in [0, 0.1) is 0 Å². The zero-order valence-corrected chi connectivity index (χ0v) is 16.2. The first-order valence-corrected chi connectivity index (χ1v) is 9.20. The minimum Gasteiger partial charge on any atom is -0.465 e. The number of alkyl halides is 1. The van der Waals surface area contributed by atoms with Crippen molar-refractivity contribution in [2.24, 2.45) is 7.05 Å². The van der Waals surface area contributed by atoms with Crippen LogP contribution >= 0.6 is 0 Å². The van der Waals surface area contributed by atoms with Gasteiger partial charge in [-0.15, -0.1) is 0 Å². The lowest BCUT2D eigenvalue weighted by Gasteiger charge is -2.18. The van der Waals surface area contributed by atoms with Crippen molar-refractivity contribution in [1.29, 1.82) is 0 Å². The highest BCUT2D eigenvalue weighted by Gasteiger charge is 2.36. The molecule has 0 spiro atoms. The number of amides is 1. The molecule has 0 saturated carbocycles. The van der Waals surface area contributed by atoms with Crippen molar-refractivity contribution < 1.29 is 14.3 Å². The second kappa shape index (κ2) is 7.18. The quantitative estimate of drug-likeness (QED) is 0.587.